The molecule has 0 aliphatic carbocycles. The van der Waals surface area contributed by atoms with E-state index in [-0.39, 0.29) is 12.0 Å². The van der Waals surface area contributed by atoms with Crippen molar-refractivity contribution in [1.82, 2.24) is 10.4 Å². The number of carbonyl (C=O) groups excluding carboxylic acids is 1. The maximum absolute atomic E-state index is 13.2. The van der Waals surface area contributed by atoms with Crippen molar-refractivity contribution in [3.8, 4) is 0 Å². The molecule has 0 spiro atoms. The summed E-state index contributed by atoms with van der Waals surface area (Å²) in [4.78, 5) is 12.6. The van der Waals surface area contributed by atoms with Crippen LogP contribution in [0.1, 0.15) is 17.5 Å². The zero-order valence-corrected chi connectivity index (χ0v) is 14.0. The molecule has 1 atom stereocenters. The molecule has 2 N–H and O–H groups in total. The molecule has 0 radical (unpaired) electrons. The summed E-state index contributed by atoms with van der Waals surface area (Å²) in [6.45, 7) is 0. The van der Waals surface area contributed by atoms with E-state index in [1.165, 1.54) is 0 Å². The molecule has 1 unspecified atom stereocenters. The fourth-order valence-electron chi connectivity index (χ4n) is 2.82. The van der Waals surface area contributed by atoms with Gasteiger partial charge in [0, 0.05) is 18.1 Å². The number of rotatable bonds is 4. The average molecular weight is 380 g/mol. The molecule has 1 aliphatic rings. The van der Waals surface area contributed by atoms with Gasteiger partial charge in [0.15, 0.2) is 0 Å². The summed E-state index contributed by atoms with van der Waals surface area (Å²) in [7, 11) is 0. The van der Waals surface area contributed by atoms with Gasteiger partial charge < -0.3 is 5.11 Å². The van der Waals surface area contributed by atoms with Crippen molar-refractivity contribution in [2.45, 2.75) is 24.7 Å². The highest BCUT2D eigenvalue weighted by Gasteiger charge is 2.50. The van der Waals surface area contributed by atoms with E-state index in [1.54, 1.807) is 30.3 Å². The lowest BCUT2D eigenvalue weighted by molar-refractivity contribution is -0.158. The van der Waals surface area contributed by atoms with Crippen molar-refractivity contribution >= 4 is 5.91 Å². The largest absolute Gasteiger partial charge is 0.432 e. The first kappa shape index (κ1) is 18.9. The minimum atomic E-state index is -4.79. The van der Waals surface area contributed by atoms with E-state index in [2.05, 4.69) is 0 Å². The van der Waals surface area contributed by atoms with Gasteiger partial charge in [-0.25, -0.2) is 9.40 Å². The van der Waals surface area contributed by atoms with Gasteiger partial charge in [0.1, 0.15) is 11.5 Å². The molecular formula is C19H16F4N2O2. The Morgan fingerprint density at radius 3 is 2.30 bits per heavy atom. The maximum atomic E-state index is 13.2. The third kappa shape index (κ3) is 3.95. The molecule has 27 heavy (non-hydrogen) atoms. The SMILES string of the molecule is O=C(CCc1ccccc1)N1NC(C(F)(F)F)=CC1(O)c1ccc(F)cc1. The number of nitrogens with one attached hydrogen (secondary N) is 1. The number of hydrazine groups is 1. The quantitative estimate of drug-likeness (QED) is 0.800. The normalized spacial score (nSPS) is 19.6. The predicted molar refractivity (Wildman–Crippen MR) is 89.2 cm³/mol. The van der Waals surface area contributed by atoms with E-state index in [0.29, 0.717) is 17.5 Å². The molecule has 1 amide bonds. The second-order valence-corrected chi connectivity index (χ2v) is 6.12. The predicted octanol–water partition coefficient (Wildman–Crippen LogP) is 3.40. The molecule has 0 fully saturated rings. The average Bonchev–Trinajstić information content (AvgIpc) is 3.00. The third-order valence-corrected chi connectivity index (χ3v) is 4.21. The number of carbonyl (C=O) groups is 1. The lowest BCUT2D eigenvalue weighted by Crippen LogP contribution is -2.51. The molecule has 0 saturated carbocycles. The van der Waals surface area contributed by atoms with Gasteiger partial charge in [0.25, 0.3) is 0 Å². The van der Waals surface area contributed by atoms with Crippen molar-refractivity contribution < 1.29 is 27.5 Å². The van der Waals surface area contributed by atoms with Crippen molar-refractivity contribution in [3.05, 3.63) is 83.3 Å². The number of benzene rings is 2. The van der Waals surface area contributed by atoms with Crippen LogP contribution in [0.15, 0.2) is 66.4 Å². The number of allylic oxidation sites excluding steroid dienone is 1. The smallest absolute Gasteiger partial charge is 0.362 e. The Labute approximate surface area is 152 Å². The number of hydrogen-bond donors (Lipinski definition) is 2. The van der Waals surface area contributed by atoms with Gasteiger partial charge >= 0.3 is 6.18 Å². The number of nitrogens with zero attached hydrogens (tertiary/aromatic N) is 1. The number of hydrogen-bond acceptors (Lipinski definition) is 3. The summed E-state index contributed by atoms with van der Waals surface area (Å²) in [5, 5.41) is 11.4. The number of aryl methyl sites for hydroxylation is 1. The van der Waals surface area contributed by atoms with Crippen LogP contribution < -0.4 is 5.43 Å². The minimum absolute atomic E-state index is 0.0660. The van der Waals surface area contributed by atoms with Gasteiger partial charge in [-0.05, 0) is 24.1 Å². The van der Waals surface area contributed by atoms with Crippen LogP contribution in [0.4, 0.5) is 17.6 Å². The Hall–Kier alpha value is -2.87. The molecule has 0 aromatic heterocycles. The van der Waals surface area contributed by atoms with E-state index in [9.17, 15) is 27.5 Å². The van der Waals surface area contributed by atoms with Gasteiger partial charge in [-0.15, -0.1) is 0 Å². The molecule has 2 aromatic carbocycles. The second-order valence-electron chi connectivity index (χ2n) is 6.12. The topological polar surface area (TPSA) is 52.6 Å². The standard InChI is InChI=1S/C19H16F4N2O2/c20-15-9-7-14(8-10-15)18(27)12-16(19(21,22)23)24-25(18)17(26)11-6-13-4-2-1-3-5-13/h1-5,7-10,12,24,27H,6,11H2. The zero-order chi connectivity index (χ0) is 19.7. The van der Waals surface area contributed by atoms with E-state index < -0.39 is 29.3 Å². The van der Waals surface area contributed by atoms with Crippen molar-refractivity contribution in [2.24, 2.45) is 0 Å². The maximum Gasteiger partial charge on any atom is 0.432 e. The minimum Gasteiger partial charge on any atom is -0.362 e. The molecule has 4 nitrogen and oxygen atoms in total. The van der Waals surface area contributed by atoms with Gasteiger partial charge in [-0.1, -0.05) is 42.5 Å². The summed E-state index contributed by atoms with van der Waals surface area (Å²) in [6, 6.07) is 13.2. The molecule has 1 aliphatic heterocycles. The second kappa shape index (κ2) is 7.03. The fourth-order valence-corrected chi connectivity index (χ4v) is 2.82. The summed E-state index contributed by atoms with van der Waals surface area (Å²) >= 11 is 0. The third-order valence-electron chi connectivity index (χ3n) is 4.21. The van der Waals surface area contributed by atoms with Gasteiger partial charge in [0.2, 0.25) is 11.6 Å². The van der Waals surface area contributed by atoms with Crippen molar-refractivity contribution in [1.29, 1.82) is 0 Å². The van der Waals surface area contributed by atoms with Crippen molar-refractivity contribution in [3.63, 3.8) is 0 Å². The highest BCUT2D eigenvalue weighted by Crippen LogP contribution is 2.38. The Morgan fingerprint density at radius 1 is 1.07 bits per heavy atom. The Kier molecular flexibility index (Phi) is 4.93. The highest BCUT2D eigenvalue weighted by molar-refractivity contribution is 5.78. The number of halogens is 4. The molecule has 142 valence electrons. The van der Waals surface area contributed by atoms with Crippen LogP contribution in [0.3, 0.4) is 0 Å². The highest BCUT2D eigenvalue weighted by atomic mass is 19.4. The Morgan fingerprint density at radius 2 is 1.70 bits per heavy atom. The van der Waals surface area contributed by atoms with E-state index in [4.69, 9.17) is 0 Å². The zero-order valence-electron chi connectivity index (χ0n) is 14.0. The number of alkyl halides is 3. The van der Waals surface area contributed by atoms with E-state index >= 15 is 0 Å². The molecule has 0 bridgehead atoms. The summed E-state index contributed by atoms with van der Waals surface area (Å²) in [5.74, 6) is -1.35. The van der Waals surface area contributed by atoms with Crippen LogP contribution in [0.2, 0.25) is 0 Å². The lowest BCUT2D eigenvalue weighted by atomic mass is 10.0. The van der Waals surface area contributed by atoms with Crippen LogP contribution in [0.25, 0.3) is 0 Å². The van der Waals surface area contributed by atoms with Crippen LogP contribution in [0, 0.1) is 5.82 Å². The first-order valence-corrected chi connectivity index (χ1v) is 8.12. The van der Waals surface area contributed by atoms with Crippen LogP contribution in [0.5, 0.6) is 0 Å². The van der Waals surface area contributed by atoms with Crippen LogP contribution in [-0.2, 0) is 16.9 Å². The summed E-state index contributed by atoms with van der Waals surface area (Å²) in [6.07, 6.45) is -4.11. The first-order chi connectivity index (χ1) is 12.7. The molecule has 1 heterocycles. The molecule has 0 saturated heterocycles. The first-order valence-electron chi connectivity index (χ1n) is 8.12. The summed E-state index contributed by atoms with van der Waals surface area (Å²) in [5.41, 5.74) is -0.931. The van der Waals surface area contributed by atoms with Crippen molar-refractivity contribution in [2.75, 3.05) is 0 Å². The molecule has 3 rings (SSSR count). The van der Waals surface area contributed by atoms with Gasteiger partial charge in [-0.3, -0.25) is 10.2 Å². The molecule has 8 heteroatoms. The Balaban J connectivity index is 1.87. The number of amides is 1. The Bertz CT molecular complexity index is 850. The molecular weight excluding hydrogens is 364 g/mol. The molecule has 2 aromatic rings. The monoisotopic (exact) mass is 380 g/mol. The number of aliphatic hydroxyl groups is 1. The fraction of sp³-hybridized carbons (Fsp3) is 0.211. The van der Waals surface area contributed by atoms with E-state index in [0.717, 1.165) is 29.8 Å². The van der Waals surface area contributed by atoms with Gasteiger partial charge in [-0.2, -0.15) is 13.2 Å². The van der Waals surface area contributed by atoms with Crippen LogP contribution in [-0.4, -0.2) is 22.2 Å². The van der Waals surface area contributed by atoms with Crippen LogP contribution >= 0.6 is 0 Å². The van der Waals surface area contributed by atoms with E-state index in [1.807, 2.05) is 5.43 Å². The van der Waals surface area contributed by atoms with Gasteiger partial charge in [0.05, 0.1) is 0 Å². The lowest BCUT2D eigenvalue weighted by Gasteiger charge is -2.33. The summed E-state index contributed by atoms with van der Waals surface area (Å²) < 4.78 is 52.6.